The van der Waals surface area contributed by atoms with Gasteiger partial charge in [0.15, 0.2) is 11.8 Å². The zero-order chi connectivity index (χ0) is 12.3. The largest absolute Gasteiger partial charge is 0.476 e. The molecule has 1 unspecified atom stereocenters. The minimum Gasteiger partial charge on any atom is -0.476 e. The Kier molecular flexibility index (Phi) is 3.53. The van der Waals surface area contributed by atoms with Crippen molar-refractivity contribution < 1.29 is 27.9 Å². The second-order valence-electron chi connectivity index (χ2n) is 3.00. The SMILES string of the molecule is CC(ON1CC=NC=C1C(=O)O)C(F)(F)F. The summed E-state index contributed by atoms with van der Waals surface area (Å²) in [5, 5.41) is 9.33. The molecular formula is C8H9F3N2O3. The van der Waals surface area contributed by atoms with Gasteiger partial charge >= 0.3 is 12.1 Å². The molecule has 8 heteroatoms. The summed E-state index contributed by atoms with van der Waals surface area (Å²) in [5.41, 5.74) is -0.432. The maximum absolute atomic E-state index is 12.2. The Bertz CT molecular complexity index is 338. The van der Waals surface area contributed by atoms with Crippen LogP contribution in [0, 0.1) is 0 Å². The number of aliphatic carboxylic acids is 1. The molecule has 16 heavy (non-hydrogen) atoms. The standard InChI is InChI=1S/C8H9F3N2O3/c1-5(8(9,10)11)16-13-3-2-12-4-6(13)7(14)15/h2,4-5H,3H2,1H3,(H,14,15). The molecule has 90 valence electrons. The van der Waals surface area contributed by atoms with Gasteiger partial charge in [-0.2, -0.15) is 13.2 Å². The maximum atomic E-state index is 12.2. The number of nitrogens with zero attached hydrogens (tertiary/aromatic N) is 2. The first-order valence-electron chi connectivity index (χ1n) is 4.28. The molecule has 1 aliphatic heterocycles. The zero-order valence-electron chi connectivity index (χ0n) is 8.23. The molecule has 0 saturated carbocycles. The molecule has 0 aromatic rings. The molecular weight excluding hydrogens is 229 g/mol. The number of carboxylic acids is 1. The summed E-state index contributed by atoms with van der Waals surface area (Å²) in [6, 6.07) is 0. The van der Waals surface area contributed by atoms with Gasteiger partial charge < -0.3 is 5.11 Å². The summed E-state index contributed by atoms with van der Waals surface area (Å²) in [4.78, 5) is 18.7. The Labute approximate surface area is 88.8 Å². The van der Waals surface area contributed by atoms with Crippen LogP contribution in [-0.2, 0) is 9.63 Å². The lowest BCUT2D eigenvalue weighted by atomic mass is 10.4. The van der Waals surface area contributed by atoms with Gasteiger partial charge in [-0.1, -0.05) is 0 Å². The van der Waals surface area contributed by atoms with Crippen LogP contribution in [-0.4, -0.2) is 41.2 Å². The van der Waals surface area contributed by atoms with Crippen molar-refractivity contribution in [2.75, 3.05) is 6.54 Å². The Morgan fingerprint density at radius 2 is 2.31 bits per heavy atom. The van der Waals surface area contributed by atoms with Crippen LogP contribution in [0.3, 0.4) is 0 Å². The molecule has 0 fully saturated rings. The third-order valence-electron chi connectivity index (χ3n) is 1.78. The Morgan fingerprint density at radius 3 is 2.81 bits per heavy atom. The Morgan fingerprint density at radius 1 is 1.69 bits per heavy atom. The topological polar surface area (TPSA) is 62.1 Å². The van der Waals surface area contributed by atoms with Crippen LogP contribution in [0.15, 0.2) is 16.9 Å². The molecule has 1 rings (SSSR count). The van der Waals surface area contributed by atoms with Crippen molar-refractivity contribution >= 4 is 12.2 Å². The minimum atomic E-state index is -4.54. The first-order chi connectivity index (χ1) is 7.32. The second kappa shape index (κ2) is 4.52. The summed E-state index contributed by atoms with van der Waals surface area (Å²) >= 11 is 0. The average molecular weight is 238 g/mol. The van der Waals surface area contributed by atoms with Crippen LogP contribution >= 0.6 is 0 Å². The number of aliphatic imine (C=N–C) groups is 1. The van der Waals surface area contributed by atoms with Gasteiger partial charge in [-0.25, -0.2) is 9.86 Å². The molecule has 5 nitrogen and oxygen atoms in total. The van der Waals surface area contributed by atoms with Gasteiger partial charge in [-0.3, -0.25) is 9.83 Å². The summed E-state index contributed by atoms with van der Waals surface area (Å²) in [7, 11) is 0. The molecule has 0 bridgehead atoms. The van der Waals surface area contributed by atoms with Crippen LogP contribution in [0.2, 0.25) is 0 Å². The third kappa shape index (κ3) is 2.96. The molecule has 0 radical (unpaired) electrons. The molecule has 1 aliphatic rings. The molecule has 0 aromatic heterocycles. The lowest BCUT2D eigenvalue weighted by molar-refractivity contribution is -0.279. The normalized spacial score (nSPS) is 18.2. The van der Waals surface area contributed by atoms with E-state index in [2.05, 4.69) is 9.83 Å². The van der Waals surface area contributed by atoms with Gasteiger partial charge in [0.1, 0.15) is 0 Å². The molecule has 0 aliphatic carbocycles. The summed E-state index contributed by atoms with van der Waals surface area (Å²) in [6.07, 6.45) is -4.45. The van der Waals surface area contributed by atoms with Crippen LogP contribution in [0.1, 0.15) is 6.92 Å². The van der Waals surface area contributed by atoms with E-state index in [-0.39, 0.29) is 6.54 Å². The van der Waals surface area contributed by atoms with E-state index in [4.69, 9.17) is 5.11 Å². The molecule has 1 heterocycles. The number of rotatable bonds is 3. The van der Waals surface area contributed by atoms with Crippen molar-refractivity contribution in [3.05, 3.63) is 11.9 Å². The van der Waals surface area contributed by atoms with E-state index in [0.29, 0.717) is 5.06 Å². The van der Waals surface area contributed by atoms with Crippen molar-refractivity contribution in [2.24, 2.45) is 4.99 Å². The van der Waals surface area contributed by atoms with E-state index >= 15 is 0 Å². The first kappa shape index (κ1) is 12.5. The number of halogens is 3. The summed E-state index contributed by atoms with van der Waals surface area (Å²) < 4.78 is 36.5. The third-order valence-corrected chi connectivity index (χ3v) is 1.78. The fraction of sp³-hybridized carbons (Fsp3) is 0.500. The highest BCUT2D eigenvalue weighted by atomic mass is 19.4. The van der Waals surface area contributed by atoms with Crippen molar-refractivity contribution in [3.8, 4) is 0 Å². The van der Waals surface area contributed by atoms with Crippen LogP contribution in [0.25, 0.3) is 0 Å². The van der Waals surface area contributed by atoms with Crippen molar-refractivity contribution in [1.29, 1.82) is 0 Å². The van der Waals surface area contributed by atoms with Crippen molar-refractivity contribution in [2.45, 2.75) is 19.2 Å². The number of hydroxylamine groups is 2. The van der Waals surface area contributed by atoms with Crippen LogP contribution in [0.5, 0.6) is 0 Å². The van der Waals surface area contributed by atoms with Crippen molar-refractivity contribution in [3.63, 3.8) is 0 Å². The van der Waals surface area contributed by atoms with E-state index in [9.17, 15) is 18.0 Å². The van der Waals surface area contributed by atoms with E-state index in [1.54, 1.807) is 0 Å². The highest BCUT2D eigenvalue weighted by Crippen LogP contribution is 2.24. The summed E-state index contributed by atoms with van der Waals surface area (Å²) in [5.74, 6) is -1.40. The van der Waals surface area contributed by atoms with E-state index in [1.165, 1.54) is 6.21 Å². The maximum Gasteiger partial charge on any atom is 0.416 e. The number of alkyl halides is 3. The second-order valence-corrected chi connectivity index (χ2v) is 3.00. The van der Waals surface area contributed by atoms with Crippen LogP contribution < -0.4 is 0 Å². The molecule has 1 atom stereocenters. The molecule has 1 N–H and O–H groups in total. The average Bonchev–Trinajstić information content (AvgIpc) is 2.16. The Balaban J connectivity index is 2.71. The predicted molar refractivity (Wildman–Crippen MR) is 47.5 cm³/mol. The van der Waals surface area contributed by atoms with E-state index in [0.717, 1.165) is 13.1 Å². The lowest BCUT2D eigenvalue weighted by Gasteiger charge is -2.28. The van der Waals surface area contributed by atoms with Gasteiger partial charge in [0.05, 0.1) is 12.7 Å². The fourth-order valence-electron chi connectivity index (χ4n) is 0.920. The Hall–Kier alpha value is -1.57. The number of carbonyl (C=O) groups is 1. The number of carboxylic acid groups (broad SMARTS) is 1. The van der Waals surface area contributed by atoms with E-state index in [1.807, 2.05) is 0 Å². The number of hydrogen-bond donors (Lipinski definition) is 1. The molecule has 0 saturated heterocycles. The smallest absolute Gasteiger partial charge is 0.416 e. The molecule has 0 amide bonds. The first-order valence-corrected chi connectivity index (χ1v) is 4.28. The highest BCUT2D eigenvalue weighted by Gasteiger charge is 2.39. The fourth-order valence-corrected chi connectivity index (χ4v) is 0.920. The van der Waals surface area contributed by atoms with Crippen molar-refractivity contribution in [1.82, 2.24) is 5.06 Å². The quantitative estimate of drug-likeness (QED) is 0.802. The zero-order valence-corrected chi connectivity index (χ0v) is 8.23. The predicted octanol–water partition coefficient (Wildman–Crippen LogP) is 1.18. The highest BCUT2D eigenvalue weighted by molar-refractivity contribution is 5.87. The van der Waals surface area contributed by atoms with Gasteiger partial charge in [0.25, 0.3) is 0 Å². The van der Waals surface area contributed by atoms with Gasteiger partial charge in [0.2, 0.25) is 0 Å². The molecule has 0 aromatic carbocycles. The van der Waals surface area contributed by atoms with Gasteiger partial charge in [-0.05, 0) is 6.92 Å². The van der Waals surface area contributed by atoms with Gasteiger partial charge in [-0.15, -0.1) is 0 Å². The lowest BCUT2D eigenvalue weighted by Crippen LogP contribution is -2.39. The minimum absolute atomic E-state index is 0.140. The van der Waals surface area contributed by atoms with E-state index < -0.39 is 23.9 Å². The monoisotopic (exact) mass is 238 g/mol. The number of hydrogen-bond acceptors (Lipinski definition) is 4. The summed E-state index contributed by atoms with van der Waals surface area (Å²) in [6.45, 7) is 0.657. The van der Waals surface area contributed by atoms with Crippen LogP contribution in [0.4, 0.5) is 13.2 Å². The molecule has 0 spiro atoms. The van der Waals surface area contributed by atoms with Gasteiger partial charge in [0, 0.05) is 6.21 Å².